The predicted octanol–water partition coefficient (Wildman–Crippen LogP) is 7.15. The molecule has 252 valence electrons. The fraction of sp³-hybridized carbons (Fsp3) is 0.333. The van der Waals surface area contributed by atoms with Crippen LogP contribution in [-0.4, -0.2) is 43.8 Å². The molecule has 9 heteroatoms. The van der Waals surface area contributed by atoms with Crippen molar-refractivity contribution in [3.05, 3.63) is 131 Å². The number of hydrogen-bond donors (Lipinski definition) is 1. The van der Waals surface area contributed by atoms with Crippen molar-refractivity contribution in [2.75, 3.05) is 10.8 Å². The Kier molecular flexibility index (Phi) is 11.3. The standard InChI is InChI=1S/C39H44FN3O4S/c1-28(2)31-19-21-34(22-20-31)43(48(46,47)35-23-17-29(3)18-24-35)27-38(44)42(26-32-13-7-10-16-36(32)40)37(25-30-11-5-4-6-12-30)39(45)41-33-14-8-9-15-33/h4-7,10-13,16-24,28,33,37H,8-9,14-15,25-27H2,1-3H3,(H,41,45). The lowest BCUT2D eigenvalue weighted by Crippen LogP contribution is -2.54. The maximum absolute atomic E-state index is 15.2. The maximum atomic E-state index is 15.2. The van der Waals surface area contributed by atoms with Crippen molar-refractivity contribution in [1.82, 2.24) is 10.2 Å². The molecule has 4 aromatic carbocycles. The van der Waals surface area contributed by atoms with E-state index >= 15 is 4.39 Å². The summed E-state index contributed by atoms with van der Waals surface area (Å²) < 4.78 is 44.8. The van der Waals surface area contributed by atoms with Crippen molar-refractivity contribution in [1.29, 1.82) is 0 Å². The topological polar surface area (TPSA) is 86.8 Å². The van der Waals surface area contributed by atoms with Gasteiger partial charge in [-0.25, -0.2) is 12.8 Å². The Morgan fingerprint density at radius 3 is 2.10 bits per heavy atom. The lowest BCUT2D eigenvalue weighted by molar-refractivity contribution is -0.140. The van der Waals surface area contributed by atoms with E-state index in [-0.39, 0.29) is 41.3 Å². The molecule has 7 nitrogen and oxygen atoms in total. The number of benzene rings is 4. The van der Waals surface area contributed by atoms with E-state index in [0.29, 0.717) is 5.69 Å². The third-order valence-corrected chi connectivity index (χ3v) is 10.8. The molecule has 1 fully saturated rings. The van der Waals surface area contributed by atoms with Crippen LogP contribution in [0.3, 0.4) is 0 Å². The number of rotatable bonds is 13. The second-order valence-electron chi connectivity index (χ2n) is 12.9. The van der Waals surface area contributed by atoms with Crippen LogP contribution in [0.5, 0.6) is 0 Å². The highest BCUT2D eigenvalue weighted by atomic mass is 32.2. The fourth-order valence-corrected chi connectivity index (χ4v) is 7.54. The Morgan fingerprint density at radius 2 is 1.48 bits per heavy atom. The van der Waals surface area contributed by atoms with Gasteiger partial charge in [0, 0.05) is 24.6 Å². The summed E-state index contributed by atoms with van der Waals surface area (Å²) in [6, 6.07) is 28.0. The Morgan fingerprint density at radius 1 is 0.854 bits per heavy atom. The Bertz CT molecular complexity index is 1790. The highest BCUT2D eigenvalue weighted by molar-refractivity contribution is 7.92. The second kappa shape index (κ2) is 15.6. The molecule has 1 N–H and O–H groups in total. The predicted molar refractivity (Wildman–Crippen MR) is 188 cm³/mol. The number of nitrogens with zero attached hydrogens (tertiary/aromatic N) is 2. The van der Waals surface area contributed by atoms with Crippen LogP contribution in [0.4, 0.5) is 10.1 Å². The quantitative estimate of drug-likeness (QED) is 0.164. The average Bonchev–Trinajstić information content (AvgIpc) is 3.59. The average molecular weight is 670 g/mol. The lowest BCUT2D eigenvalue weighted by atomic mass is 10.0. The molecule has 0 radical (unpaired) electrons. The van der Waals surface area contributed by atoms with Gasteiger partial charge in [-0.1, -0.05) is 105 Å². The van der Waals surface area contributed by atoms with Crippen molar-refractivity contribution >= 4 is 27.5 Å². The van der Waals surface area contributed by atoms with Gasteiger partial charge < -0.3 is 10.2 Å². The number of nitrogens with one attached hydrogen (secondary N) is 1. The normalized spacial score (nSPS) is 14.1. The zero-order valence-corrected chi connectivity index (χ0v) is 28.6. The van der Waals surface area contributed by atoms with Gasteiger partial charge in [-0.2, -0.15) is 0 Å². The van der Waals surface area contributed by atoms with Crippen LogP contribution in [-0.2, 0) is 32.6 Å². The van der Waals surface area contributed by atoms with Crippen molar-refractivity contribution in [2.24, 2.45) is 0 Å². The molecule has 0 aromatic heterocycles. The number of anilines is 1. The number of carbonyl (C=O) groups excluding carboxylic acids is 2. The van der Waals surface area contributed by atoms with Gasteiger partial charge in [-0.05, 0) is 67.1 Å². The van der Waals surface area contributed by atoms with E-state index in [2.05, 4.69) is 5.32 Å². The highest BCUT2D eigenvalue weighted by Crippen LogP contribution is 2.28. The van der Waals surface area contributed by atoms with Crippen molar-refractivity contribution < 1.29 is 22.4 Å². The summed E-state index contributed by atoms with van der Waals surface area (Å²) >= 11 is 0. The molecule has 2 amide bonds. The van der Waals surface area contributed by atoms with E-state index in [4.69, 9.17) is 0 Å². The molecule has 0 aliphatic heterocycles. The van der Waals surface area contributed by atoms with Gasteiger partial charge in [0.15, 0.2) is 0 Å². The van der Waals surface area contributed by atoms with Crippen LogP contribution in [0.25, 0.3) is 0 Å². The van der Waals surface area contributed by atoms with Crippen LogP contribution >= 0.6 is 0 Å². The molecule has 0 heterocycles. The number of amides is 2. The van der Waals surface area contributed by atoms with E-state index < -0.39 is 34.3 Å². The minimum atomic E-state index is -4.23. The van der Waals surface area contributed by atoms with Gasteiger partial charge in [0.2, 0.25) is 11.8 Å². The zero-order valence-electron chi connectivity index (χ0n) is 27.8. The summed E-state index contributed by atoms with van der Waals surface area (Å²) in [6.07, 6.45) is 3.88. The van der Waals surface area contributed by atoms with E-state index in [1.54, 1.807) is 42.5 Å². The van der Waals surface area contributed by atoms with Crippen molar-refractivity contribution in [2.45, 2.75) is 82.3 Å². The zero-order chi connectivity index (χ0) is 34.3. The van der Waals surface area contributed by atoms with Gasteiger partial charge in [-0.3, -0.25) is 13.9 Å². The van der Waals surface area contributed by atoms with Crippen LogP contribution in [0.2, 0.25) is 0 Å². The molecule has 1 unspecified atom stereocenters. The van der Waals surface area contributed by atoms with Gasteiger partial charge >= 0.3 is 0 Å². The highest BCUT2D eigenvalue weighted by Gasteiger charge is 2.36. The third kappa shape index (κ3) is 8.50. The summed E-state index contributed by atoms with van der Waals surface area (Å²) in [5.41, 5.74) is 3.28. The third-order valence-electron chi connectivity index (χ3n) is 9.01. The first-order valence-corrected chi connectivity index (χ1v) is 18.0. The number of aryl methyl sites for hydroxylation is 1. The number of halogens is 1. The number of hydrogen-bond acceptors (Lipinski definition) is 4. The van der Waals surface area contributed by atoms with Crippen molar-refractivity contribution in [3.63, 3.8) is 0 Å². The van der Waals surface area contributed by atoms with Crippen LogP contribution in [0.1, 0.15) is 67.7 Å². The van der Waals surface area contributed by atoms with Crippen molar-refractivity contribution in [3.8, 4) is 0 Å². The number of carbonyl (C=O) groups is 2. The first-order valence-electron chi connectivity index (χ1n) is 16.6. The Labute approximate surface area is 283 Å². The van der Waals surface area contributed by atoms with Gasteiger partial charge in [0.25, 0.3) is 10.0 Å². The summed E-state index contributed by atoms with van der Waals surface area (Å²) in [4.78, 5) is 30.1. The number of sulfonamides is 1. The molecule has 1 saturated carbocycles. The summed E-state index contributed by atoms with van der Waals surface area (Å²) in [5, 5.41) is 3.14. The van der Waals surface area contributed by atoms with Crippen LogP contribution in [0, 0.1) is 12.7 Å². The minimum Gasteiger partial charge on any atom is -0.352 e. The summed E-state index contributed by atoms with van der Waals surface area (Å²) in [5.74, 6) is -1.26. The molecule has 0 spiro atoms. The Balaban J connectivity index is 1.58. The molecular formula is C39H44FN3O4S. The molecule has 48 heavy (non-hydrogen) atoms. The molecule has 1 aliphatic carbocycles. The molecule has 1 aliphatic rings. The molecule has 4 aromatic rings. The van der Waals surface area contributed by atoms with E-state index in [1.807, 2.05) is 63.2 Å². The van der Waals surface area contributed by atoms with Gasteiger partial charge in [-0.15, -0.1) is 0 Å². The molecule has 5 rings (SSSR count). The van der Waals surface area contributed by atoms with Crippen LogP contribution in [0.15, 0.2) is 108 Å². The van der Waals surface area contributed by atoms with Gasteiger partial charge in [0.05, 0.1) is 10.6 Å². The van der Waals surface area contributed by atoms with Crippen LogP contribution < -0.4 is 9.62 Å². The SMILES string of the molecule is Cc1ccc(S(=O)(=O)N(CC(=O)N(Cc2ccccc2F)C(Cc2ccccc2)C(=O)NC2CCCC2)c2ccc(C(C)C)cc2)cc1. The smallest absolute Gasteiger partial charge is 0.264 e. The van der Waals surface area contributed by atoms with E-state index in [9.17, 15) is 18.0 Å². The lowest BCUT2D eigenvalue weighted by Gasteiger charge is -2.34. The molecule has 1 atom stereocenters. The first kappa shape index (κ1) is 34.8. The molecule has 0 saturated heterocycles. The Hall–Kier alpha value is -4.50. The first-order chi connectivity index (χ1) is 23.0. The summed E-state index contributed by atoms with van der Waals surface area (Å²) in [7, 11) is -4.23. The van der Waals surface area contributed by atoms with E-state index in [0.717, 1.165) is 46.7 Å². The minimum absolute atomic E-state index is 0.0147. The largest absolute Gasteiger partial charge is 0.352 e. The maximum Gasteiger partial charge on any atom is 0.264 e. The monoisotopic (exact) mass is 669 g/mol. The summed E-state index contributed by atoms with van der Waals surface area (Å²) in [6.45, 7) is 5.15. The fourth-order valence-electron chi connectivity index (χ4n) is 6.12. The molecule has 0 bridgehead atoms. The van der Waals surface area contributed by atoms with Gasteiger partial charge in [0.1, 0.15) is 18.4 Å². The van der Waals surface area contributed by atoms with E-state index in [1.165, 1.54) is 23.1 Å². The molecular weight excluding hydrogens is 626 g/mol. The second-order valence-corrected chi connectivity index (χ2v) is 14.7.